The third-order valence-electron chi connectivity index (χ3n) is 1.36. The Labute approximate surface area is 86.4 Å². The Bertz CT molecular complexity index is 312. The molecule has 0 spiro atoms. The van der Waals surface area contributed by atoms with Crippen LogP contribution in [-0.4, -0.2) is 12.4 Å². The third kappa shape index (κ3) is 2.90. The van der Waals surface area contributed by atoms with Gasteiger partial charge in [0.1, 0.15) is 5.75 Å². The van der Waals surface area contributed by atoms with E-state index in [0.717, 1.165) is 0 Å². The summed E-state index contributed by atoms with van der Waals surface area (Å²) in [6.45, 7) is 1.58. The van der Waals surface area contributed by atoms with Crippen molar-refractivity contribution in [3.63, 3.8) is 0 Å². The highest BCUT2D eigenvalue weighted by atomic mass is 35.5. The Balaban J connectivity index is 2.83. The molecule has 0 amide bonds. The van der Waals surface area contributed by atoms with Gasteiger partial charge in [-0.15, -0.1) is 0 Å². The normalized spacial score (nSPS) is 12.2. The van der Waals surface area contributed by atoms with Crippen molar-refractivity contribution < 1.29 is 9.53 Å². The molecule has 0 aliphatic carbocycles. The van der Waals surface area contributed by atoms with Gasteiger partial charge in [-0.25, -0.2) is 0 Å². The number of benzene rings is 1. The summed E-state index contributed by atoms with van der Waals surface area (Å²) in [7, 11) is 0. The molecule has 13 heavy (non-hydrogen) atoms. The van der Waals surface area contributed by atoms with Crippen molar-refractivity contribution >= 4 is 29.5 Å². The fraction of sp³-hybridized carbons (Fsp3) is 0.222. The first-order valence-electron chi connectivity index (χ1n) is 3.63. The lowest BCUT2D eigenvalue weighted by Gasteiger charge is -2.09. The molecule has 1 aromatic rings. The van der Waals surface area contributed by atoms with E-state index >= 15 is 0 Å². The fourth-order valence-electron chi connectivity index (χ4n) is 0.785. The first-order chi connectivity index (χ1) is 6.13. The van der Waals surface area contributed by atoms with Crippen molar-refractivity contribution in [2.24, 2.45) is 0 Å². The molecular formula is C9H7Cl2O2. The molecule has 0 fully saturated rings. The zero-order valence-corrected chi connectivity index (χ0v) is 8.39. The number of hydrogen-bond acceptors (Lipinski definition) is 2. The van der Waals surface area contributed by atoms with Crippen LogP contribution in [0.5, 0.6) is 5.75 Å². The molecule has 0 aliphatic heterocycles. The molecular weight excluding hydrogens is 211 g/mol. The molecule has 0 bridgehead atoms. The summed E-state index contributed by atoms with van der Waals surface area (Å²) in [4.78, 5) is 10.2. The van der Waals surface area contributed by atoms with Crippen LogP contribution in [0.15, 0.2) is 18.2 Å². The molecule has 0 N–H and O–H groups in total. The monoisotopic (exact) mass is 217 g/mol. The maximum Gasteiger partial charge on any atom is 0.242 e. The van der Waals surface area contributed by atoms with Crippen LogP contribution in [0.3, 0.4) is 0 Å². The van der Waals surface area contributed by atoms with Gasteiger partial charge >= 0.3 is 0 Å². The molecule has 1 radical (unpaired) electrons. The molecule has 1 rings (SSSR count). The first-order valence-corrected chi connectivity index (χ1v) is 4.38. The molecule has 1 unspecified atom stereocenters. The molecule has 4 heteroatoms. The fourth-order valence-corrected chi connectivity index (χ4v) is 1.24. The summed E-state index contributed by atoms with van der Waals surface area (Å²) in [6.07, 6.45) is 1.07. The highest BCUT2D eigenvalue weighted by molar-refractivity contribution is 6.35. The lowest BCUT2D eigenvalue weighted by Crippen LogP contribution is -2.12. The van der Waals surface area contributed by atoms with Crippen LogP contribution < -0.4 is 4.74 Å². The summed E-state index contributed by atoms with van der Waals surface area (Å²) >= 11 is 11.5. The van der Waals surface area contributed by atoms with E-state index in [9.17, 15) is 4.79 Å². The van der Waals surface area contributed by atoms with Crippen LogP contribution in [0.4, 0.5) is 0 Å². The highest BCUT2D eigenvalue weighted by Crippen LogP contribution is 2.27. The number of halogens is 2. The van der Waals surface area contributed by atoms with E-state index in [1.165, 1.54) is 0 Å². The minimum absolute atomic E-state index is 0.384. The van der Waals surface area contributed by atoms with Crippen LogP contribution in [0.2, 0.25) is 10.0 Å². The number of ether oxygens (including phenoxy) is 1. The van der Waals surface area contributed by atoms with E-state index < -0.39 is 6.10 Å². The lowest BCUT2D eigenvalue weighted by molar-refractivity contribution is 0.279. The third-order valence-corrected chi connectivity index (χ3v) is 1.89. The van der Waals surface area contributed by atoms with Crippen molar-refractivity contribution in [2.75, 3.05) is 0 Å². The lowest BCUT2D eigenvalue weighted by atomic mass is 10.3. The van der Waals surface area contributed by atoms with Gasteiger partial charge in [-0.2, -0.15) is 0 Å². The van der Waals surface area contributed by atoms with Crippen molar-refractivity contribution in [3.05, 3.63) is 28.2 Å². The molecule has 0 aromatic heterocycles. The topological polar surface area (TPSA) is 26.3 Å². The second kappa shape index (κ2) is 4.49. The Morgan fingerprint density at radius 1 is 1.46 bits per heavy atom. The second-order valence-corrected chi connectivity index (χ2v) is 3.30. The minimum Gasteiger partial charge on any atom is -0.481 e. The quantitative estimate of drug-likeness (QED) is 0.779. The molecule has 69 valence electrons. The molecule has 1 aromatic carbocycles. The summed E-state index contributed by atoms with van der Waals surface area (Å²) in [6, 6.07) is 4.80. The molecule has 0 heterocycles. The Hall–Kier alpha value is -0.730. The Morgan fingerprint density at radius 2 is 2.15 bits per heavy atom. The average molecular weight is 218 g/mol. The second-order valence-electron chi connectivity index (χ2n) is 2.45. The molecule has 0 saturated heterocycles. The van der Waals surface area contributed by atoms with Crippen molar-refractivity contribution in [2.45, 2.75) is 13.0 Å². The van der Waals surface area contributed by atoms with Crippen LogP contribution in [0.25, 0.3) is 0 Å². The van der Waals surface area contributed by atoms with Gasteiger partial charge in [0.2, 0.25) is 6.29 Å². The van der Waals surface area contributed by atoms with E-state index in [-0.39, 0.29) is 0 Å². The zero-order valence-electron chi connectivity index (χ0n) is 6.88. The zero-order chi connectivity index (χ0) is 9.84. The predicted octanol–water partition coefficient (Wildman–Crippen LogP) is 2.87. The van der Waals surface area contributed by atoms with Crippen LogP contribution >= 0.6 is 23.2 Å². The van der Waals surface area contributed by atoms with Crippen molar-refractivity contribution in [1.82, 2.24) is 0 Å². The number of rotatable bonds is 3. The summed E-state index contributed by atoms with van der Waals surface area (Å²) in [5, 5.41) is 0.912. The van der Waals surface area contributed by atoms with E-state index in [1.54, 1.807) is 31.4 Å². The average Bonchev–Trinajstić information content (AvgIpc) is 2.09. The molecule has 0 saturated carbocycles. The molecule has 2 nitrogen and oxygen atoms in total. The Morgan fingerprint density at radius 3 is 2.69 bits per heavy atom. The van der Waals surface area contributed by atoms with Crippen LogP contribution in [-0.2, 0) is 4.79 Å². The molecule has 1 atom stereocenters. The summed E-state index contributed by atoms with van der Waals surface area (Å²) < 4.78 is 5.14. The van der Waals surface area contributed by atoms with Crippen LogP contribution in [0.1, 0.15) is 6.92 Å². The van der Waals surface area contributed by atoms with E-state index in [4.69, 9.17) is 27.9 Å². The SMILES string of the molecule is CC([C]=O)Oc1ccc(Cl)cc1Cl. The smallest absolute Gasteiger partial charge is 0.242 e. The summed E-state index contributed by atoms with van der Waals surface area (Å²) in [5.74, 6) is 0.432. The first kappa shape index (κ1) is 10.4. The van der Waals surface area contributed by atoms with E-state index in [0.29, 0.717) is 15.8 Å². The summed E-state index contributed by atoms with van der Waals surface area (Å²) in [5.41, 5.74) is 0. The van der Waals surface area contributed by atoms with Gasteiger partial charge in [0, 0.05) is 5.02 Å². The number of carbonyl (C=O) groups excluding carboxylic acids is 1. The standard InChI is InChI=1S/C9H7Cl2O2/c1-6(5-12)13-9-3-2-7(10)4-8(9)11/h2-4,6H,1H3. The van der Waals surface area contributed by atoms with Gasteiger partial charge in [0.05, 0.1) is 5.02 Å². The van der Waals surface area contributed by atoms with Gasteiger partial charge in [0.15, 0.2) is 6.10 Å². The van der Waals surface area contributed by atoms with Crippen molar-refractivity contribution in [3.8, 4) is 5.75 Å². The largest absolute Gasteiger partial charge is 0.481 e. The Kier molecular flexibility index (Phi) is 3.58. The highest BCUT2D eigenvalue weighted by Gasteiger charge is 2.06. The number of hydrogen-bond donors (Lipinski definition) is 0. The van der Waals surface area contributed by atoms with Gasteiger partial charge in [-0.3, -0.25) is 4.79 Å². The maximum absolute atomic E-state index is 10.2. The molecule has 0 aliphatic rings. The predicted molar refractivity (Wildman–Crippen MR) is 52.2 cm³/mol. The van der Waals surface area contributed by atoms with Gasteiger partial charge in [-0.05, 0) is 25.1 Å². The van der Waals surface area contributed by atoms with E-state index in [2.05, 4.69) is 0 Å². The van der Waals surface area contributed by atoms with Gasteiger partial charge < -0.3 is 4.74 Å². The van der Waals surface area contributed by atoms with Gasteiger partial charge in [0.25, 0.3) is 0 Å². The van der Waals surface area contributed by atoms with Crippen LogP contribution in [0, 0.1) is 0 Å². The van der Waals surface area contributed by atoms with Crippen molar-refractivity contribution in [1.29, 1.82) is 0 Å². The van der Waals surface area contributed by atoms with E-state index in [1.807, 2.05) is 0 Å². The van der Waals surface area contributed by atoms with Gasteiger partial charge in [-0.1, -0.05) is 23.2 Å². The maximum atomic E-state index is 10.2. The minimum atomic E-state index is -0.626.